The molecule has 0 fully saturated rings. The number of carbonyl (C=O) groups is 1. The Bertz CT molecular complexity index is 345. The largest absolute Gasteiger partial charge is 0.478 e. The van der Waals surface area contributed by atoms with Crippen molar-refractivity contribution >= 4 is 21.9 Å². The van der Waals surface area contributed by atoms with Crippen molar-refractivity contribution in [3.05, 3.63) is 33.8 Å². The number of carboxylic acid groups (broad SMARTS) is 1. The predicted molar refractivity (Wildman–Crippen MR) is 59.6 cm³/mol. The van der Waals surface area contributed by atoms with Gasteiger partial charge >= 0.3 is 5.97 Å². The van der Waals surface area contributed by atoms with Crippen LogP contribution in [0.1, 0.15) is 29.8 Å². The molecule has 1 aromatic carbocycles. The van der Waals surface area contributed by atoms with E-state index < -0.39 is 5.97 Å². The van der Waals surface area contributed by atoms with Crippen LogP contribution in [-0.4, -0.2) is 11.1 Å². The molecule has 3 heteroatoms. The van der Waals surface area contributed by atoms with E-state index in [2.05, 4.69) is 29.8 Å². The molecule has 14 heavy (non-hydrogen) atoms. The molecule has 0 aliphatic heterocycles. The summed E-state index contributed by atoms with van der Waals surface area (Å²) >= 11 is 3.34. The van der Waals surface area contributed by atoms with Crippen LogP contribution in [0.15, 0.2) is 22.7 Å². The maximum atomic E-state index is 10.9. The molecule has 0 amide bonds. The minimum atomic E-state index is -0.854. The van der Waals surface area contributed by atoms with Crippen LogP contribution in [0.3, 0.4) is 0 Å². The fraction of sp³-hybridized carbons (Fsp3) is 0.364. The van der Waals surface area contributed by atoms with Gasteiger partial charge in [0, 0.05) is 4.47 Å². The molecule has 1 aromatic rings. The molecule has 76 valence electrons. The third kappa shape index (κ3) is 2.84. The van der Waals surface area contributed by atoms with Crippen LogP contribution in [0.2, 0.25) is 0 Å². The van der Waals surface area contributed by atoms with Crippen LogP contribution in [-0.2, 0) is 6.42 Å². The molecule has 1 rings (SSSR count). The number of benzene rings is 1. The molecule has 0 bridgehead atoms. The molecule has 0 aromatic heterocycles. The fourth-order valence-corrected chi connectivity index (χ4v) is 1.79. The Morgan fingerprint density at radius 3 is 2.64 bits per heavy atom. The maximum Gasteiger partial charge on any atom is 0.335 e. The second kappa shape index (κ2) is 4.60. The number of aromatic carboxylic acids is 1. The quantitative estimate of drug-likeness (QED) is 0.901. The summed E-state index contributed by atoms with van der Waals surface area (Å²) in [6, 6.07) is 5.28. The number of rotatable bonds is 3. The van der Waals surface area contributed by atoms with Gasteiger partial charge in [-0.3, -0.25) is 0 Å². The third-order valence-electron chi connectivity index (χ3n) is 1.93. The van der Waals surface area contributed by atoms with Crippen molar-refractivity contribution in [1.29, 1.82) is 0 Å². The van der Waals surface area contributed by atoms with E-state index in [1.807, 2.05) is 6.07 Å². The summed E-state index contributed by atoms with van der Waals surface area (Å²) in [5.41, 5.74) is 1.30. The first-order valence-corrected chi connectivity index (χ1v) is 5.31. The lowest BCUT2D eigenvalue weighted by atomic mass is 9.98. The smallest absolute Gasteiger partial charge is 0.335 e. The molecule has 0 aliphatic rings. The standard InChI is InChI=1S/C11H13BrO2/c1-7(2)5-8-6-9(12)3-4-10(8)11(13)14/h3-4,6-7H,5H2,1-2H3,(H,13,14). The van der Waals surface area contributed by atoms with Gasteiger partial charge in [-0.05, 0) is 36.1 Å². The van der Waals surface area contributed by atoms with Crippen molar-refractivity contribution < 1.29 is 9.90 Å². The zero-order valence-corrected chi connectivity index (χ0v) is 9.84. The topological polar surface area (TPSA) is 37.3 Å². The van der Waals surface area contributed by atoms with Crippen LogP contribution >= 0.6 is 15.9 Å². The normalized spacial score (nSPS) is 10.6. The molecule has 0 saturated heterocycles. The van der Waals surface area contributed by atoms with Gasteiger partial charge in [-0.1, -0.05) is 29.8 Å². The van der Waals surface area contributed by atoms with E-state index in [9.17, 15) is 4.79 Å². The molecule has 0 unspecified atom stereocenters. The van der Waals surface area contributed by atoms with Crippen molar-refractivity contribution in [2.45, 2.75) is 20.3 Å². The average molecular weight is 257 g/mol. The lowest BCUT2D eigenvalue weighted by molar-refractivity contribution is 0.0695. The summed E-state index contributed by atoms with van der Waals surface area (Å²) in [5, 5.41) is 8.95. The minimum Gasteiger partial charge on any atom is -0.478 e. The number of hydrogen-bond acceptors (Lipinski definition) is 1. The molecule has 0 saturated carbocycles. The summed E-state index contributed by atoms with van der Waals surface area (Å²) in [4.78, 5) is 10.9. The van der Waals surface area contributed by atoms with Crippen molar-refractivity contribution in [3.63, 3.8) is 0 Å². The van der Waals surface area contributed by atoms with Gasteiger partial charge in [0.15, 0.2) is 0 Å². The van der Waals surface area contributed by atoms with E-state index in [1.54, 1.807) is 12.1 Å². The Labute approximate surface area is 92.1 Å². The Hall–Kier alpha value is -0.830. The molecular formula is C11H13BrO2. The van der Waals surface area contributed by atoms with Gasteiger partial charge in [-0.2, -0.15) is 0 Å². The van der Waals surface area contributed by atoms with Crippen molar-refractivity contribution in [1.82, 2.24) is 0 Å². The fourth-order valence-electron chi connectivity index (χ4n) is 1.38. The van der Waals surface area contributed by atoms with Gasteiger partial charge in [0.25, 0.3) is 0 Å². The molecule has 0 aliphatic carbocycles. The van der Waals surface area contributed by atoms with E-state index >= 15 is 0 Å². The minimum absolute atomic E-state index is 0.405. The zero-order valence-electron chi connectivity index (χ0n) is 8.25. The van der Waals surface area contributed by atoms with Gasteiger partial charge in [-0.25, -0.2) is 4.79 Å². The summed E-state index contributed by atoms with van der Waals surface area (Å²) in [6.45, 7) is 4.15. The Balaban J connectivity index is 3.09. The highest BCUT2D eigenvalue weighted by atomic mass is 79.9. The van der Waals surface area contributed by atoms with Crippen LogP contribution in [0.25, 0.3) is 0 Å². The summed E-state index contributed by atoms with van der Waals surface area (Å²) in [5.74, 6) is -0.393. The van der Waals surface area contributed by atoms with Gasteiger partial charge < -0.3 is 5.11 Å². The van der Waals surface area contributed by atoms with Crippen molar-refractivity contribution in [2.75, 3.05) is 0 Å². The predicted octanol–water partition coefficient (Wildman–Crippen LogP) is 3.35. The molecule has 0 spiro atoms. The van der Waals surface area contributed by atoms with E-state index in [0.29, 0.717) is 11.5 Å². The second-order valence-electron chi connectivity index (χ2n) is 3.70. The highest BCUT2D eigenvalue weighted by molar-refractivity contribution is 9.10. The van der Waals surface area contributed by atoms with E-state index in [-0.39, 0.29) is 0 Å². The van der Waals surface area contributed by atoms with Crippen LogP contribution in [0, 0.1) is 5.92 Å². The second-order valence-corrected chi connectivity index (χ2v) is 4.62. The molecule has 0 heterocycles. The van der Waals surface area contributed by atoms with Crippen LogP contribution in [0.4, 0.5) is 0 Å². The van der Waals surface area contributed by atoms with Gasteiger partial charge in [0.2, 0.25) is 0 Å². The SMILES string of the molecule is CC(C)Cc1cc(Br)ccc1C(=O)O. The third-order valence-corrected chi connectivity index (χ3v) is 2.42. The monoisotopic (exact) mass is 256 g/mol. The number of halogens is 1. The molecule has 0 atom stereocenters. The number of hydrogen-bond donors (Lipinski definition) is 1. The Morgan fingerprint density at radius 2 is 2.14 bits per heavy atom. The Morgan fingerprint density at radius 1 is 1.50 bits per heavy atom. The Kier molecular flexibility index (Phi) is 3.69. The zero-order chi connectivity index (χ0) is 10.7. The van der Waals surface area contributed by atoms with Crippen molar-refractivity contribution in [2.24, 2.45) is 5.92 Å². The maximum absolute atomic E-state index is 10.9. The highest BCUT2D eigenvalue weighted by Crippen LogP contribution is 2.19. The molecule has 2 nitrogen and oxygen atoms in total. The first-order chi connectivity index (χ1) is 6.50. The highest BCUT2D eigenvalue weighted by Gasteiger charge is 2.11. The first-order valence-electron chi connectivity index (χ1n) is 4.52. The number of carboxylic acids is 1. The van der Waals surface area contributed by atoms with E-state index in [4.69, 9.17) is 5.11 Å². The van der Waals surface area contributed by atoms with Crippen LogP contribution in [0.5, 0.6) is 0 Å². The molecule has 1 N–H and O–H groups in total. The lowest BCUT2D eigenvalue weighted by Crippen LogP contribution is -2.05. The summed E-state index contributed by atoms with van der Waals surface area (Å²) < 4.78 is 0.929. The van der Waals surface area contributed by atoms with Gasteiger partial charge in [0.1, 0.15) is 0 Å². The lowest BCUT2D eigenvalue weighted by Gasteiger charge is -2.08. The summed E-state index contributed by atoms with van der Waals surface area (Å²) in [6.07, 6.45) is 0.793. The van der Waals surface area contributed by atoms with E-state index in [1.165, 1.54) is 0 Å². The average Bonchev–Trinajstić information content (AvgIpc) is 2.01. The van der Waals surface area contributed by atoms with Gasteiger partial charge in [-0.15, -0.1) is 0 Å². The van der Waals surface area contributed by atoms with E-state index in [0.717, 1.165) is 16.5 Å². The van der Waals surface area contributed by atoms with Gasteiger partial charge in [0.05, 0.1) is 5.56 Å². The summed E-state index contributed by atoms with van der Waals surface area (Å²) in [7, 11) is 0. The van der Waals surface area contributed by atoms with Crippen LogP contribution < -0.4 is 0 Å². The first kappa shape index (κ1) is 11.2. The van der Waals surface area contributed by atoms with Crippen molar-refractivity contribution in [3.8, 4) is 0 Å². The molecule has 0 radical (unpaired) electrons. The molecular weight excluding hydrogens is 244 g/mol.